The second-order valence-electron chi connectivity index (χ2n) is 5.39. The van der Waals surface area contributed by atoms with Crippen LogP contribution in [0.3, 0.4) is 0 Å². The summed E-state index contributed by atoms with van der Waals surface area (Å²) >= 11 is 0. The maximum Gasteiger partial charge on any atom is 0.254 e. The van der Waals surface area contributed by atoms with Crippen molar-refractivity contribution in [3.63, 3.8) is 0 Å². The molecule has 23 heavy (non-hydrogen) atoms. The number of allylic oxidation sites excluding steroid dienone is 1. The van der Waals surface area contributed by atoms with Gasteiger partial charge in [-0.25, -0.2) is 4.39 Å². The van der Waals surface area contributed by atoms with Crippen LogP contribution in [0.2, 0.25) is 0 Å². The molecule has 0 saturated heterocycles. The van der Waals surface area contributed by atoms with E-state index >= 15 is 0 Å². The number of nitro groups is 1. The zero-order valence-corrected chi connectivity index (χ0v) is 12.7. The molecule has 0 aliphatic heterocycles. The van der Waals surface area contributed by atoms with E-state index in [1.54, 1.807) is 18.2 Å². The van der Waals surface area contributed by atoms with Gasteiger partial charge in [-0.15, -0.1) is 0 Å². The monoisotopic (exact) mass is 313 g/mol. The van der Waals surface area contributed by atoms with E-state index in [2.05, 4.69) is 0 Å². The van der Waals surface area contributed by atoms with Gasteiger partial charge in [0.2, 0.25) is 0 Å². The second-order valence-corrected chi connectivity index (χ2v) is 5.39. The third kappa shape index (κ3) is 2.95. The van der Waals surface area contributed by atoms with E-state index in [0.29, 0.717) is 13.0 Å². The van der Waals surface area contributed by atoms with Gasteiger partial charge in [0.15, 0.2) is 0 Å². The average Bonchev–Trinajstić information content (AvgIpc) is 2.55. The van der Waals surface area contributed by atoms with Crippen LogP contribution < -0.4 is 4.74 Å². The van der Waals surface area contributed by atoms with Gasteiger partial charge in [0, 0.05) is 11.6 Å². The summed E-state index contributed by atoms with van der Waals surface area (Å²) in [5.41, 5.74) is 2.61. The highest BCUT2D eigenvalue weighted by atomic mass is 19.1. The van der Waals surface area contributed by atoms with Gasteiger partial charge in [0.1, 0.15) is 11.6 Å². The zero-order chi connectivity index (χ0) is 16.4. The van der Waals surface area contributed by atoms with Crippen molar-refractivity contribution in [1.82, 2.24) is 0 Å². The first kappa shape index (κ1) is 15.2. The lowest BCUT2D eigenvalue weighted by molar-refractivity contribution is -0.428. The van der Waals surface area contributed by atoms with E-state index < -0.39 is 5.92 Å². The average molecular weight is 313 g/mol. The minimum Gasteiger partial charge on any atom is -0.494 e. The maximum absolute atomic E-state index is 13.1. The lowest BCUT2D eigenvalue weighted by Crippen LogP contribution is -2.18. The van der Waals surface area contributed by atoms with Crippen LogP contribution in [0.25, 0.3) is 6.08 Å². The standard InChI is InChI=1S/C18H16FNO3/c1-2-23-18-5-3-4-13-10-17(20(21)22)15(11-16(13)18)12-6-8-14(19)9-7-12/h3-10,15H,2,11H2,1H3/t15-/m0/s1. The third-order valence-corrected chi connectivity index (χ3v) is 4.02. The molecule has 0 amide bonds. The molecule has 0 unspecified atom stereocenters. The summed E-state index contributed by atoms with van der Waals surface area (Å²) in [7, 11) is 0. The highest BCUT2D eigenvalue weighted by Gasteiger charge is 2.32. The summed E-state index contributed by atoms with van der Waals surface area (Å²) in [4.78, 5) is 11.1. The molecule has 0 saturated carbocycles. The SMILES string of the molecule is CCOc1cccc2c1C[C@@H](c1ccc(F)cc1)C([N+](=O)[O-])=C2. The van der Waals surface area contributed by atoms with Crippen molar-refractivity contribution < 1.29 is 14.1 Å². The van der Waals surface area contributed by atoms with Crippen LogP contribution in [0, 0.1) is 15.9 Å². The van der Waals surface area contributed by atoms with Crippen LogP contribution >= 0.6 is 0 Å². The van der Waals surface area contributed by atoms with Crippen LogP contribution in [0.1, 0.15) is 29.5 Å². The summed E-state index contributed by atoms with van der Waals surface area (Å²) < 4.78 is 18.8. The molecule has 118 valence electrons. The fourth-order valence-corrected chi connectivity index (χ4v) is 2.96. The quantitative estimate of drug-likeness (QED) is 0.628. The van der Waals surface area contributed by atoms with E-state index in [1.165, 1.54) is 12.1 Å². The van der Waals surface area contributed by atoms with Crippen LogP contribution in [-0.2, 0) is 6.42 Å². The Kier molecular flexibility index (Phi) is 4.10. The topological polar surface area (TPSA) is 52.4 Å². The van der Waals surface area contributed by atoms with Gasteiger partial charge in [-0.05, 0) is 42.7 Å². The molecule has 3 rings (SSSR count). The van der Waals surface area contributed by atoms with Gasteiger partial charge < -0.3 is 4.74 Å². The van der Waals surface area contributed by atoms with Crippen molar-refractivity contribution in [2.24, 2.45) is 0 Å². The Hall–Kier alpha value is -2.69. The van der Waals surface area contributed by atoms with E-state index in [0.717, 1.165) is 22.4 Å². The molecule has 0 bridgehead atoms. The molecule has 0 N–H and O–H groups in total. The van der Waals surface area contributed by atoms with Gasteiger partial charge in [0.25, 0.3) is 5.70 Å². The van der Waals surface area contributed by atoms with E-state index in [9.17, 15) is 14.5 Å². The number of nitrogens with zero attached hydrogens (tertiary/aromatic N) is 1. The normalized spacial score (nSPS) is 16.4. The molecule has 0 aromatic heterocycles. The number of benzene rings is 2. The number of hydrogen-bond acceptors (Lipinski definition) is 3. The van der Waals surface area contributed by atoms with E-state index in [-0.39, 0.29) is 16.4 Å². The van der Waals surface area contributed by atoms with Gasteiger partial charge in [-0.2, -0.15) is 0 Å². The maximum atomic E-state index is 13.1. The van der Waals surface area contributed by atoms with Crippen LogP contribution in [-0.4, -0.2) is 11.5 Å². The fourth-order valence-electron chi connectivity index (χ4n) is 2.96. The molecule has 5 heteroatoms. The smallest absolute Gasteiger partial charge is 0.254 e. The summed E-state index contributed by atoms with van der Waals surface area (Å²) in [5.74, 6) is -0.0259. The Morgan fingerprint density at radius 3 is 2.65 bits per heavy atom. The molecule has 0 radical (unpaired) electrons. The number of halogens is 1. The lowest BCUT2D eigenvalue weighted by Gasteiger charge is -2.23. The second kappa shape index (κ2) is 6.20. The predicted molar refractivity (Wildman–Crippen MR) is 85.4 cm³/mol. The third-order valence-electron chi connectivity index (χ3n) is 4.02. The van der Waals surface area contributed by atoms with Crippen molar-refractivity contribution in [2.75, 3.05) is 6.61 Å². The Morgan fingerprint density at radius 2 is 2.00 bits per heavy atom. The largest absolute Gasteiger partial charge is 0.494 e. The number of rotatable bonds is 4. The Bertz CT molecular complexity index is 768. The van der Waals surface area contributed by atoms with Crippen LogP contribution in [0.15, 0.2) is 48.2 Å². The molecule has 0 heterocycles. The fraction of sp³-hybridized carbons (Fsp3) is 0.222. The highest BCUT2D eigenvalue weighted by Crippen LogP contribution is 2.39. The molecule has 2 aromatic rings. The molecule has 0 spiro atoms. The van der Waals surface area contributed by atoms with Gasteiger partial charge >= 0.3 is 0 Å². The first-order chi connectivity index (χ1) is 11.1. The van der Waals surface area contributed by atoms with Crippen LogP contribution in [0.5, 0.6) is 5.75 Å². The highest BCUT2D eigenvalue weighted by molar-refractivity contribution is 5.64. The number of ether oxygens (including phenoxy) is 1. The van der Waals surface area contributed by atoms with Crippen molar-refractivity contribution in [3.05, 3.63) is 80.8 Å². The number of hydrogen-bond donors (Lipinski definition) is 0. The Labute approximate surface area is 133 Å². The van der Waals surface area contributed by atoms with Gasteiger partial charge in [-0.3, -0.25) is 10.1 Å². The molecule has 1 aliphatic carbocycles. The predicted octanol–water partition coefficient (Wildman–Crippen LogP) is 4.18. The Balaban J connectivity index is 2.09. The summed E-state index contributed by atoms with van der Waals surface area (Å²) in [6.45, 7) is 2.43. The van der Waals surface area contributed by atoms with Crippen molar-refractivity contribution in [1.29, 1.82) is 0 Å². The van der Waals surface area contributed by atoms with Crippen LogP contribution in [0.4, 0.5) is 4.39 Å². The van der Waals surface area contributed by atoms with E-state index in [4.69, 9.17) is 4.74 Å². The molecule has 2 aromatic carbocycles. The first-order valence-electron chi connectivity index (χ1n) is 7.46. The molecular formula is C18H16FNO3. The van der Waals surface area contributed by atoms with Gasteiger partial charge in [-0.1, -0.05) is 24.3 Å². The first-order valence-corrected chi connectivity index (χ1v) is 7.46. The van der Waals surface area contributed by atoms with Gasteiger partial charge in [0.05, 0.1) is 17.4 Å². The summed E-state index contributed by atoms with van der Waals surface area (Å²) in [6.07, 6.45) is 2.05. The molecule has 4 nitrogen and oxygen atoms in total. The molecule has 1 atom stereocenters. The van der Waals surface area contributed by atoms with Crippen molar-refractivity contribution >= 4 is 6.08 Å². The molecule has 1 aliphatic rings. The molecular weight excluding hydrogens is 297 g/mol. The minimum absolute atomic E-state index is 0.123. The summed E-state index contributed by atoms with van der Waals surface area (Å²) in [6, 6.07) is 11.4. The van der Waals surface area contributed by atoms with E-state index in [1.807, 2.05) is 25.1 Å². The minimum atomic E-state index is -0.417. The number of fused-ring (bicyclic) bond motifs is 1. The molecule has 0 fully saturated rings. The zero-order valence-electron chi connectivity index (χ0n) is 12.7. The van der Waals surface area contributed by atoms with Crippen molar-refractivity contribution in [2.45, 2.75) is 19.3 Å². The lowest BCUT2D eigenvalue weighted by atomic mass is 9.82. The Morgan fingerprint density at radius 1 is 1.26 bits per heavy atom. The summed E-state index contributed by atoms with van der Waals surface area (Å²) in [5, 5.41) is 11.5. The van der Waals surface area contributed by atoms with Crippen molar-refractivity contribution in [3.8, 4) is 5.75 Å².